The Labute approximate surface area is 78.4 Å². The summed E-state index contributed by atoms with van der Waals surface area (Å²) >= 11 is 1.65. The fourth-order valence-corrected chi connectivity index (χ4v) is 1.81. The standard InChI is InChI=1S/C8H18N2OS/c1-5(2)6(3)12-7(4)8(11)10-9/h5-7H,9H2,1-4H3,(H,10,11). The highest BCUT2D eigenvalue weighted by molar-refractivity contribution is 8.01. The molecule has 0 heterocycles. The molecule has 3 nitrogen and oxygen atoms in total. The monoisotopic (exact) mass is 190 g/mol. The van der Waals surface area contributed by atoms with E-state index in [-0.39, 0.29) is 11.2 Å². The first-order chi connectivity index (χ1) is 5.49. The smallest absolute Gasteiger partial charge is 0.246 e. The molecule has 72 valence electrons. The van der Waals surface area contributed by atoms with Crippen LogP contribution >= 0.6 is 11.8 Å². The molecule has 2 unspecified atom stereocenters. The zero-order valence-corrected chi connectivity index (χ0v) is 8.94. The summed E-state index contributed by atoms with van der Waals surface area (Å²) in [5, 5.41) is 0.421. The molecule has 0 radical (unpaired) electrons. The number of hydrogen-bond donors (Lipinski definition) is 2. The molecule has 0 saturated carbocycles. The van der Waals surface area contributed by atoms with Crippen LogP contribution in [0.3, 0.4) is 0 Å². The van der Waals surface area contributed by atoms with E-state index in [9.17, 15) is 4.79 Å². The SMILES string of the molecule is CC(SC(C)C(C)C)C(=O)NN. The number of rotatable bonds is 4. The van der Waals surface area contributed by atoms with Crippen molar-refractivity contribution < 1.29 is 4.79 Å². The normalized spacial score (nSPS) is 15.8. The predicted octanol–water partition coefficient (Wildman–Crippen LogP) is 1.14. The first-order valence-corrected chi connectivity index (χ1v) is 5.09. The Morgan fingerprint density at radius 2 is 1.83 bits per heavy atom. The van der Waals surface area contributed by atoms with E-state index in [1.807, 2.05) is 6.92 Å². The van der Waals surface area contributed by atoms with E-state index in [0.29, 0.717) is 11.2 Å². The highest BCUT2D eigenvalue weighted by atomic mass is 32.2. The molecule has 0 aromatic rings. The molecule has 1 amide bonds. The van der Waals surface area contributed by atoms with Gasteiger partial charge in [0, 0.05) is 5.25 Å². The Hall–Kier alpha value is -0.220. The van der Waals surface area contributed by atoms with Gasteiger partial charge in [-0.05, 0) is 12.8 Å². The largest absolute Gasteiger partial charge is 0.293 e. The molecule has 2 atom stereocenters. The van der Waals surface area contributed by atoms with Crippen molar-refractivity contribution in [2.75, 3.05) is 0 Å². The van der Waals surface area contributed by atoms with Gasteiger partial charge in [0.1, 0.15) is 0 Å². The van der Waals surface area contributed by atoms with Gasteiger partial charge in [-0.2, -0.15) is 0 Å². The molecule has 0 saturated heterocycles. The molecule has 0 rings (SSSR count). The number of hydrazine groups is 1. The average molecular weight is 190 g/mol. The van der Waals surface area contributed by atoms with E-state index in [1.165, 1.54) is 0 Å². The van der Waals surface area contributed by atoms with Crippen molar-refractivity contribution in [2.24, 2.45) is 11.8 Å². The van der Waals surface area contributed by atoms with Crippen LogP contribution in [0.1, 0.15) is 27.7 Å². The lowest BCUT2D eigenvalue weighted by molar-refractivity contribution is -0.120. The molecule has 0 fully saturated rings. The van der Waals surface area contributed by atoms with Crippen LogP contribution in [0, 0.1) is 5.92 Å². The van der Waals surface area contributed by atoms with Gasteiger partial charge in [-0.3, -0.25) is 10.2 Å². The third kappa shape index (κ3) is 3.97. The van der Waals surface area contributed by atoms with Crippen molar-refractivity contribution in [1.29, 1.82) is 0 Å². The van der Waals surface area contributed by atoms with Crippen molar-refractivity contribution in [3.05, 3.63) is 0 Å². The third-order valence-corrected chi connectivity index (χ3v) is 3.47. The number of nitrogens with two attached hydrogens (primary N) is 1. The Balaban J connectivity index is 3.83. The molecule has 3 N–H and O–H groups in total. The second-order valence-electron chi connectivity index (χ2n) is 3.24. The molecular formula is C8H18N2OS. The maximum Gasteiger partial charge on any atom is 0.246 e. The van der Waals surface area contributed by atoms with Crippen molar-refractivity contribution in [2.45, 2.75) is 38.2 Å². The van der Waals surface area contributed by atoms with Gasteiger partial charge in [-0.1, -0.05) is 20.8 Å². The van der Waals surface area contributed by atoms with Gasteiger partial charge >= 0.3 is 0 Å². The molecule has 4 heteroatoms. The third-order valence-electron chi connectivity index (χ3n) is 1.87. The molecule has 12 heavy (non-hydrogen) atoms. The Morgan fingerprint density at radius 3 is 2.17 bits per heavy atom. The second kappa shape index (κ2) is 5.43. The topological polar surface area (TPSA) is 55.1 Å². The summed E-state index contributed by atoms with van der Waals surface area (Å²) in [6.07, 6.45) is 0. The summed E-state index contributed by atoms with van der Waals surface area (Å²) in [6, 6.07) is 0. The molecule has 0 bridgehead atoms. The fraction of sp³-hybridized carbons (Fsp3) is 0.875. The van der Waals surface area contributed by atoms with Crippen LogP contribution in [0.4, 0.5) is 0 Å². The molecule has 0 aromatic heterocycles. The van der Waals surface area contributed by atoms with E-state index < -0.39 is 0 Å². The Kier molecular flexibility index (Phi) is 5.33. The molecular weight excluding hydrogens is 172 g/mol. The zero-order chi connectivity index (χ0) is 9.72. The first kappa shape index (κ1) is 11.8. The van der Waals surface area contributed by atoms with Gasteiger partial charge in [-0.15, -0.1) is 11.8 Å². The van der Waals surface area contributed by atoms with Gasteiger partial charge in [0.25, 0.3) is 0 Å². The number of nitrogens with one attached hydrogen (secondary N) is 1. The van der Waals surface area contributed by atoms with Crippen LogP contribution in [0.15, 0.2) is 0 Å². The van der Waals surface area contributed by atoms with Gasteiger partial charge in [0.15, 0.2) is 0 Å². The number of carbonyl (C=O) groups is 1. The maximum absolute atomic E-state index is 11.0. The minimum Gasteiger partial charge on any atom is -0.293 e. The number of carbonyl (C=O) groups excluding carboxylic acids is 1. The Morgan fingerprint density at radius 1 is 1.33 bits per heavy atom. The molecule has 0 aliphatic carbocycles. The number of hydrogen-bond acceptors (Lipinski definition) is 3. The molecule has 0 spiro atoms. The minimum atomic E-state index is -0.104. The van der Waals surface area contributed by atoms with Gasteiger partial charge < -0.3 is 0 Å². The van der Waals surface area contributed by atoms with Gasteiger partial charge in [-0.25, -0.2) is 5.84 Å². The van der Waals surface area contributed by atoms with E-state index >= 15 is 0 Å². The highest BCUT2D eigenvalue weighted by Crippen LogP contribution is 2.23. The van der Waals surface area contributed by atoms with Gasteiger partial charge in [0.05, 0.1) is 5.25 Å². The lowest BCUT2D eigenvalue weighted by Crippen LogP contribution is -2.37. The molecule has 0 aromatic carbocycles. The number of amides is 1. The quantitative estimate of drug-likeness (QED) is 0.397. The van der Waals surface area contributed by atoms with Crippen LogP contribution in [0.5, 0.6) is 0 Å². The second-order valence-corrected chi connectivity index (χ2v) is 4.96. The Bertz CT molecular complexity index is 150. The van der Waals surface area contributed by atoms with Crippen molar-refractivity contribution in [1.82, 2.24) is 5.43 Å². The zero-order valence-electron chi connectivity index (χ0n) is 8.13. The summed E-state index contributed by atoms with van der Waals surface area (Å²) < 4.78 is 0. The molecule has 0 aliphatic rings. The molecule has 0 aliphatic heterocycles. The van der Waals surface area contributed by atoms with Crippen molar-refractivity contribution >= 4 is 17.7 Å². The van der Waals surface area contributed by atoms with Crippen LogP contribution < -0.4 is 11.3 Å². The van der Waals surface area contributed by atoms with Crippen LogP contribution in [-0.2, 0) is 4.79 Å². The van der Waals surface area contributed by atoms with Crippen molar-refractivity contribution in [3.8, 4) is 0 Å². The number of thioether (sulfide) groups is 1. The predicted molar refractivity (Wildman–Crippen MR) is 53.7 cm³/mol. The van der Waals surface area contributed by atoms with Crippen molar-refractivity contribution in [3.63, 3.8) is 0 Å². The van der Waals surface area contributed by atoms with Crippen LogP contribution in [-0.4, -0.2) is 16.4 Å². The van der Waals surface area contributed by atoms with Gasteiger partial charge in [0.2, 0.25) is 5.91 Å². The summed E-state index contributed by atoms with van der Waals surface area (Å²) in [7, 11) is 0. The maximum atomic E-state index is 11.0. The van der Waals surface area contributed by atoms with E-state index in [4.69, 9.17) is 5.84 Å². The summed E-state index contributed by atoms with van der Waals surface area (Å²) in [5.41, 5.74) is 2.15. The summed E-state index contributed by atoms with van der Waals surface area (Å²) in [4.78, 5) is 11.0. The van der Waals surface area contributed by atoms with E-state index in [1.54, 1.807) is 11.8 Å². The summed E-state index contributed by atoms with van der Waals surface area (Å²) in [5.74, 6) is 5.49. The van der Waals surface area contributed by atoms with E-state index in [2.05, 4.69) is 26.2 Å². The first-order valence-electron chi connectivity index (χ1n) is 4.15. The highest BCUT2D eigenvalue weighted by Gasteiger charge is 2.17. The van der Waals surface area contributed by atoms with E-state index in [0.717, 1.165) is 0 Å². The van der Waals surface area contributed by atoms with Crippen LogP contribution in [0.2, 0.25) is 0 Å². The minimum absolute atomic E-state index is 0.0626. The lowest BCUT2D eigenvalue weighted by Gasteiger charge is -2.18. The fourth-order valence-electron chi connectivity index (χ4n) is 0.658. The summed E-state index contributed by atoms with van der Waals surface area (Å²) in [6.45, 7) is 8.27. The lowest BCUT2D eigenvalue weighted by atomic mass is 10.2. The van der Waals surface area contributed by atoms with Crippen LogP contribution in [0.25, 0.3) is 0 Å². The average Bonchev–Trinajstić information content (AvgIpc) is 2.02.